The number of amides is 1. The van der Waals surface area contributed by atoms with Crippen LogP contribution in [-0.4, -0.2) is 20.6 Å². The molecule has 3 aromatic rings. The molecule has 124 valence electrons. The summed E-state index contributed by atoms with van der Waals surface area (Å²) < 4.78 is 7.03. The van der Waals surface area contributed by atoms with Gasteiger partial charge in [-0.05, 0) is 49.2 Å². The van der Waals surface area contributed by atoms with E-state index in [1.54, 1.807) is 47.2 Å². The lowest BCUT2D eigenvalue weighted by atomic mass is 10.2. The van der Waals surface area contributed by atoms with Crippen molar-refractivity contribution in [2.24, 2.45) is 0 Å². The Hall–Kier alpha value is -3.40. The van der Waals surface area contributed by atoms with E-state index >= 15 is 0 Å². The lowest BCUT2D eigenvalue weighted by molar-refractivity contribution is 0.101. The van der Waals surface area contributed by atoms with Gasteiger partial charge in [0.1, 0.15) is 5.69 Å². The van der Waals surface area contributed by atoms with E-state index in [4.69, 9.17) is 9.78 Å². The first-order chi connectivity index (χ1) is 12.2. The van der Waals surface area contributed by atoms with Crippen molar-refractivity contribution in [2.45, 2.75) is 25.3 Å². The van der Waals surface area contributed by atoms with Crippen molar-refractivity contribution in [3.63, 3.8) is 0 Å². The zero-order valence-corrected chi connectivity index (χ0v) is 13.3. The molecule has 0 atom stereocenters. The molecule has 2 aromatic heterocycles. The molecule has 0 radical (unpaired) electrons. The van der Waals surface area contributed by atoms with E-state index in [2.05, 4.69) is 15.5 Å². The summed E-state index contributed by atoms with van der Waals surface area (Å²) in [6, 6.07) is 12.3. The van der Waals surface area contributed by atoms with Crippen molar-refractivity contribution in [1.82, 2.24) is 14.7 Å². The molecule has 4 rings (SSSR count). The molecule has 1 aliphatic carbocycles. The van der Waals surface area contributed by atoms with Crippen LogP contribution in [0.1, 0.15) is 46.5 Å². The predicted molar refractivity (Wildman–Crippen MR) is 88.9 cm³/mol. The Labute approximate surface area is 143 Å². The third-order valence-corrected chi connectivity index (χ3v) is 4.06. The standard InChI is InChI=1S/C18H15N5O2/c19-10-12-3-7-14(8-4-12)20-17(24)15-2-1-9-23(15)11-16-21-18(25-22-16)13-5-6-13/h1-4,7-9,13H,5-6,11H2,(H,20,24). The van der Waals surface area contributed by atoms with Gasteiger partial charge in [0.2, 0.25) is 5.89 Å². The van der Waals surface area contributed by atoms with E-state index in [0.717, 1.165) is 12.8 Å². The number of anilines is 1. The summed E-state index contributed by atoms with van der Waals surface area (Å²) in [5, 5.41) is 15.6. The monoisotopic (exact) mass is 333 g/mol. The molecule has 7 nitrogen and oxygen atoms in total. The summed E-state index contributed by atoms with van der Waals surface area (Å²) in [4.78, 5) is 16.9. The molecule has 1 N–H and O–H groups in total. The van der Waals surface area contributed by atoms with Crippen LogP contribution in [0.25, 0.3) is 0 Å². The molecule has 1 saturated carbocycles. The Morgan fingerprint density at radius 1 is 1.32 bits per heavy atom. The van der Waals surface area contributed by atoms with Gasteiger partial charge in [0, 0.05) is 17.8 Å². The molecule has 1 aliphatic rings. The van der Waals surface area contributed by atoms with E-state index in [1.165, 1.54) is 0 Å². The summed E-state index contributed by atoms with van der Waals surface area (Å²) in [5.41, 5.74) is 1.68. The van der Waals surface area contributed by atoms with Crippen LogP contribution < -0.4 is 5.32 Å². The number of rotatable bonds is 5. The molecule has 1 amide bonds. The largest absolute Gasteiger partial charge is 0.339 e. The van der Waals surface area contributed by atoms with Crippen LogP contribution in [0, 0.1) is 11.3 Å². The van der Waals surface area contributed by atoms with Gasteiger partial charge in [0.25, 0.3) is 5.91 Å². The van der Waals surface area contributed by atoms with Crippen LogP contribution in [0.15, 0.2) is 47.1 Å². The summed E-state index contributed by atoms with van der Waals surface area (Å²) >= 11 is 0. The molecule has 0 saturated heterocycles. The molecule has 25 heavy (non-hydrogen) atoms. The highest BCUT2D eigenvalue weighted by Crippen LogP contribution is 2.38. The number of carbonyl (C=O) groups excluding carboxylic acids is 1. The van der Waals surface area contributed by atoms with Gasteiger partial charge in [-0.15, -0.1) is 0 Å². The molecule has 1 aromatic carbocycles. The molecule has 0 spiro atoms. The van der Waals surface area contributed by atoms with E-state index < -0.39 is 0 Å². The number of nitrogens with zero attached hydrogens (tertiary/aromatic N) is 4. The van der Waals surface area contributed by atoms with Gasteiger partial charge in [-0.25, -0.2) is 0 Å². The number of aromatic nitrogens is 3. The Balaban J connectivity index is 1.47. The fourth-order valence-electron chi connectivity index (χ4n) is 2.56. The molecule has 2 heterocycles. The minimum absolute atomic E-state index is 0.236. The fourth-order valence-corrected chi connectivity index (χ4v) is 2.56. The summed E-state index contributed by atoms with van der Waals surface area (Å²) in [5.74, 6) is 1.42. The topological polar surface area (TPSA) is 96.7 Å². The Kier molecular flexibility index (Phi) is 3.78. The SMILES string of the molecule is N#Cc1ccc(NC(=O)c2cccn2Cc2noc(C3CC3)n2)cc1. The Morgan fingerprint density at radius 3 is 2.84 bits per heavy atom. The van der Waals surface area contributed by atoms with E-state index in [1.807, 2.05) is 6.07 Å². The van der Waals surface area contributed by atoms with Gasteiger partial charge in [0.15, 0.2) is 5.82 Å². The first-order valence-corrected chi connectivity index (χ1v) is 8.02. The van der Waals surface area contributed by atoms with Crippen LogP contribution in [0.2, 0.25) is 0 Å². The van der Waals surface area contributed by atoms with Gasteiger partial charge in [0.05, 0.1) is 18.2 Å². The van der Waals surface area contributed by atoms with E-state index in [0.29, 0.717) is 41.1 Å². The number of hydrogen-bond donors (Lipinski definition) is 1. The summed E-state index contributed by atoms with van der Waals surface area (Å²) in [6.45, 7) is 0.374. The molecule has 7 heteroatoms. The maximum atomic E-state index is 12.5. The second kappa shape index (κ2) is 6.24. The average molecular weight is 333 g/mol. The van der Waals surface area contributed by atoms with Crippen molar-refractivity contribution in [3.05, 3.63) is 65.6 Å². The highest BCUT2D eigenvalue weighted by Gasteiger charge is 2.29. The second-order valence-corrected chi connectivity index (χ2v) is 5.99. The molecule has 1 fully saturated rings. The quantitative estimate of drug-likeness (QED) is 0.774. The molecular formula is C18H15N5O2. The summed E-state index contributed by atoms with van der Waals surface area (Å²) in [7, 11) is 0. The van der Waals surface area contributed by atoms with Crippen LogP contribution in [0.5, 0.6) is 0 Å². The van der Waals surface area contributed by atoms with Gasteiger partial charge >= 0.3 is 0 Å². The highest BCUT2D eigenvalue weighted by molar-refractivity contribution is 6.03. The smallest absolute Gasteiger partial charge is 0.272 e. The highest BCUT2D eigenvalue weighted by atomic mass is 16.5. The first-order valence-electron chi connectivity index (χ1n) is 8.02. The van der Waals surface area contributed by atoms with Crippen LogP contribution in [-0.2, 0) is 6.54 Å². The van der Waals surface area contributed by atoms with Crippen LogP contribution >= 0.6 is 0 Å². The van der Waals surface area contributed by atoms with E-state index in [9.17, 15) is 4.79 Å². The van der Waals surface area contributed by atoms with E-state index in [-0.39, 0.29) is 5.91 Å². The van der Waals surface area contributed by atoms with Crippen molar-refractivity contribution >= 4 is 11.6 Å². The molecule has 0 unspecified atom stereocenters. The third-order valence-electron chi connectivity index (χ3n) is 4.06. The van der Waals surface area contributed by atoms with Gasteiger partial charge in [-0.1, -0.05) is 5.16 Å². The zero-order valence-electron chi connectivity index (χ0n) is 13.3. The van der Waals surface area contributed by atoms with Gasteiger partial charge < -0.3 is 14.4 Å². The third kappa shape index (κ3) is 3.28. The minimum Gasteiger partial charge on any atom is -0.339 e. The molecule has 0 bridgehead atoms. The average Bonchev–Trinajstić information content (AvgIpc) is 3.20. The van der Waals surface area contributed by atoms with Gasteiger partial charge in [-0.3, -0.25) is 4.79 Å². The number of nitrogens with one attached hydrogen (secondary N) is 1. The number of hydrogen-bond acceptors (Lipinski definition) is 5. The first kappa shape index (κ1) is 15.1. The van der Waals surface area contributed by atoms with Crippen molar-refractivity contribution in [1.29, 1.82) is 5.26 Å². The van der Waals surface area contributed by atoms with Crippen molar-refractivity contribution in [3.8, 4) is 6.07 Å². The minimum atomic E-state index is -0.236. The normalized spacial score (nSPS) is 13.4. The van der Waals surface area contributed by atoms with Crippen LogP contribution in [0.3, 0.4) is 0 Å². The molecular weight excluding hydrogens is 318 g/mol. The lowest BCUT2D eigenvalue weighted by Gasteiger charge is -2.08. The second-order valence-electron chi connectivity index (χ2n) is 5.99. The number of nitriles is 1. The fraction of sp³-hybridized carbons (Fsp3) is 0.222. The zero-order chi connectivity index (χ0) is 17.2. The Bertz CT molecular complexity index is 945. The maximum absolute atomic E-state index is 12.5. The Morgan fingerprint density at radius 2 is 2.12 bits per heavy atom. The lowest BCUT2D eigenvalue weighted by Crippen LogP contribution is -2.17. The number of carbonyl (C=O) groups is 1. The van der Waals surface area contributed by atoms with Gasteiger partial charge in [-0.2, -0.15) is 10.2 Å². The number of benzene rings is 1. The molecule has 0 aliphatic heterocycles. The van der Waals surface area contributed by atoms with Crippen molar-refractivity contribution in [2.75, 3.05) is 5.32 Å². The predicted octanol–water partition coefficient (Wildman–Crippen LogP) is 2.92. The van der Waals surface area contributed by atoms with Crippen molar-refractivity contribution < 1.29 is 9.32 Å². The maximum Gasteiger partial charge on any atom is 0.272 e. The van der Waals surface area contributed by atoms with Crippen LogP contribution in [0.4, 0.5) is 5.69 Å². The summed E-state index contributed by atoms with van der Waals surface area (Å²) in [6.07, 6.45) is 4.01.